The molecule has 0 aliphatic carbocycles. The second kappa shape index (κ2) is 12.3. The van der Waals surface area contributed by atoms with Crippen molar-refractivity contribution in [3.05, 3.63) is 71.4 Å². The lowest BCUT2D eigenvalue weighted by molar-refractivity contribution is 0.104. The minimum Gasteiger partial charge on any atom is -0.504 e. The molecule has 0 radical (unpaired) electrons. The third-order valence-electron chi connectivity index (χ3n) is 5.44. The van der Waals surface area contributed by atoms with Crippen LogP contribution in [0.25, 0.3) is 12.2 Å². The van der Waals surface area contributed by atoms with Gasteiger partial charge in [0.15, 0.2) is 28.8 Å². The summed E-state index contributed by atoms with van der Waals surface area (Å²) in [7, 11) is 7.59. The molecule has 3 rings (SSSR count). The van der Waals surface area contributed by atoms with Gasteiger partial charge in [0.2, 0.25) is 5.75 Å². The highest BCUT2D eigenvalue weighted by molar-refractivity contribution is 6.05. The molecule has 0 aliphatic rings. The first-order chi connectivity index (χ1) is 17.8. The van der Waals surface area contributed by atoms with E-state index in [0.717, 1.165) is 5.56 Å². The van der Waals surface area contributed by atoms with E-state index >= 15 is 0 Å². The van der Waals surface area contributed by atoms with Gasteiger partial charge < -0.3 is 39.8 Å². The van der Waals surface area contributed by atoms with Crippen LogP contribution in [-0.2, 0) is 0 Å². The molecule has 0 aromatic heterocycles. The number of phenolic OH excluding ortho intramolecular Hbond substituents is 1. The Kier molecular flexibility index (Phi) is 8.88. The number of nitrogens with two attached hydrogens (primary N) is 1. The van der Waals surface area contributed by atoms with Gasteiger partial charge in [-0.2, -0.15) is 0 Å². The number of allylic oxidation sites excluding steroid dienone is 1. The summed E-state index contributed by atoms with van der Waals surface area (Å²) in [6, 6.07) is 11.8. The van der Waals surface area contributed by atoms with Crippen LogP contribution >= 0.6 is 0 Å². The van der Waals surface area contributed by atoms with Gasteiger partial charge in [0.25, 0.3) is 0 Å². The van der Waals surface area contributed by atoms with Gasteiger partial charge in [0, 0.05) is 17.8 Å². The Morgan fingerprint density at radius 3 is 1.92 bits per heavy atom. The number of hydrogen-bond acceptors (Lipinski definition) is 9. The van der Waals surface area contributed by atoms with E-state index in [1.54, 1.807) is 69.9 Å². The number of ketones is 1. The molecule has 9 nitrogen and oxygen atoms in total. The number of anilines is 2. The first-order valence-electron chi connectivity index (χ1n) is 11.1. The molecule has 0 bridgehead atoms. The average Bonchev–Trinajstić information content (AvgIpc) is 2.90. The molecule has 0 saturated heterocycles. The van der Waals surface area contributed by atoms with Crippen LogP contribution in [0, 0.1) is 0 Å². The molecular formula is C28H30N2O7. The fraction of sp³-hybridized carbons (Fsp3) is 0.179. The number of benzene rings is 3. The van der Waals surface area contributed by atoms with Gasteiger partial charge >= 0.3 is 0 Å². The van der Waals surface area contributed by atoms with Crippen molar-refractivity contribution in [2.75, 3.05) is 46.6 Å². The van der Waals surface area contributed by atoms with Crippen molar-refractivity contribution in [2.45, 2.75) is 0 Å². The smallest absolute Gasteiger partial charge is 0.203 e. The van der Waals surface area contributed by atoms with Crippen molar-refractivity contribution in [1.82, 2.24) is 0 Å². The molecule has 0 atom stereocenters. The molecule has 0 heterocycles. The Bertz CT molecular complexity index is 1310. The summed E-state index contributed by atoms with van der Waals surface area (Å²) in [5, 5.41) is 13.5. The van der Waals surface area contributed by atoms with Crippen LogP contribution in [0.2, 0.25) is 0 Å². The highest BCUT2D eigenvalue weighted by atomic mass is 16.5. The molecule has 3 aromatic rings. The number of rotatable bonds is 11. The first-order valence-corrected chi connectivity index (χ1v) is 11.1. The Hall–Kier alpha value is -4.79. The molecule has 0 aliphatic heterocycles. The molecule has 0 saturated carbocycles. The number of ether oxygens (including phenoxy) is 5. The summed E-state index contributed by atoms with van der Waals surface area (Å²) in [5.41, 5.74) is 8.61. The normalized spacial score (nSPS) is 10.9. The van der Waals surface area contributed by atoms with Gasteiger partial charge in [0.1, 0.15) is 5.75 Å². The molecule has 3 aromatic carbocycles. The summed E-state index contributed by atoms with van der Waals surface area (Å²) in [6.07, 6.45) is 6.46. The van der Waals surface area contributed by atoms with Crippen LogP contribution in [0.3, 0.4) is 0 Å². The number of carbonyl (C=O) groups excluding carboxylic acids is 1. The summed E-state index contributed by atoms with van der Waals surface area (Å²) in [6.45, 7) is 0. The molecule has 4 N–H and O–H groups in total. The van der Waals surface area contributed by atoms with Crippen molar-refractivity contribution >= 4 is 29.3 Å². The van der Waals surface area contributed by atoms with Crippen molar-refractivity contribution in [3.8, 4) is 34.5 Å². The largest absolute Gasteiger partial charge is 0.504 e. The fourth-order valence-electron chi connectivity index (χ4n) is 3.63. The summed E-state index contributed by atoms with van der Waals surface area (Å²) in [4.78, 5) is 12.5. The van der Waals surface area contributed by atoms with Crippen LogP contribution in [0.1, 0.15) is 21.5 Å². The zero-order chi connectivity index (χ0) is 26.9. The van der Waals surface area contributed by atoms with Crippen molar-refractivity contribution in [3.63, 3.8) is 0 Å². The molecule has 0 spiro atoms. The summed E-state index contributed by atoms with van der Waals surface area (Å²) < 4.78 is 26.6. The van der Waals surface area contributed by atoms with Gasteiger partial charge in [-0.3, -0.25) is 4.79 Å². The topological polar surface area (TPSA) is 122 Å². The maximum atomic E-state index is 12.5. The fourth-order valence-corrected chi connectivity index (χ4v) is 3.63. The van der Waals surface area contributed by atoms with E-state index < -0.39 is 0 Å². The number of aromatic hydroxyl groups is 1. The molecular weight excluding hydrogens is 476 g/mol. The number of nitrogen functional groups attached to an aromatic ring is 1. The number of methoxy groups -OCH3 is 5. The average molecular weight is 507 g/mol. The molecule has 194 valence electrons. The third kappa shape index (κ3) is 6.26. The van der Waals surface area contributed by atoms with E-state index in [1.807, 2.05) is 6.08 Å². The highest BCUT2D eigenvalue weighted by Gasteiger charge is 2.13. The summed E-state index contributed by atoms with van der Waals surface area (Å²) >= 11 is 0. The number of carbonyl (C=O) groups is 1. The van der Waals surface area contributed by atoms with Gasteiger partial charge in [-0.1, -0.05) is 12.2 Å². The predicted molar refractivity (Wildman–Crippen MR) is 144 cm³/mol. The third-order valence-corrected chi connectivity index (χ3v) is 5.44. The van der Waals surface area contributed by atoms with Gasteiger partial charge in [-0.05, 0) is 53.6 Å². The quantitative estimate of drug-likeness (QED) is 0.143. The van der Waals surface area contributed by atoms with Crippen LogP contribution in [0.15, 0.2) is 54.7 Å². The second-order valence-electron chi connectivity index (χ2n) is 7.71. The second-order valence-corrected chi connectivity index (χ2v) is 7.71. The number of nitrogens with one attached hydrogen (secondary N) is 1. The van der Waals surface area contributed by atoms with E-state index in [-0.39, 0.29) is 17.3 Å². The van der Waals surface area contributed by atoms with Gasteiger partial charge in [0.05, 0.1) is 46.9 Å². The minimum atomic E-state index is -0.261. The Labute approximate surface area is 215 Å². The lowest BCUT2D eigenvalue weighted by Crippen LogP contribution is -2.00. The van der Waals surface area contributed by atoms with E-state index in [0.29, 0.717) is 45.5 Å². The van der Waals surface area contributed by atoms with Crippen LogP contribution in [0.5, 0.6) is 34.5 Å². The Morgan fingerprint density at radius 1 is 0.784 bits per heavy atom. The van der Waals surface area contributed by atoms with Crippen molar-refractivity contribution in [2.24, 2.45) is 0 Å². The number of hydrogen-bond donors (Lipinski definition) is 3. The zero-order valence-corrected chi connectivity index (χ0v) is 21.3. The van der Waals surface area contributed by atoms with E-state index in [4.69, 9.17) is 29.4 Å². The van der Waals surface area contributed by atoms with Gasteiger partial charge in [-0.25, -0.2) is 0 Å². The molecule has 9 heteroatoms. The van der Waals surface area contributed by atoms with E-state index in [9.17, 15) is 9.90 Å². The van der Waals surface area contributed by atoms with Crippen molar-refractivity contribution in [1.29, 1.82) is 0 Å². The molecule has 37 heavy (non-hydrogen) atoms. The Balaban J connectivity index is 1.84. The highest BCUT2D eigenvalue weighted by Crippen LogP contribution is 2.39. The monoisotopic (exact) mass is 506 g/mol. The Morgan fingerprint density at radius 2 is 1.38 bits per heavy atom. The van der Waals surface area contributed by atoms with Crippen LogP contribution in [0.4, 0.5) is 11.4 Å². The lowest BCUT2D eigenvalue weighted by Gasteiger charge is -2.13. The maximum absolute atomic E-state index is 12.5. The molecule has 0 amide bonds. The maximum Gasteiger partial charge on any atom is 0.203 e. The van der Waals surface area contributed by atoms with Crippen LogP contribution < -0.4 is 34.7 Å². The SMILES string of the molecule is COc1ccc(C(=O)/C=C\Nc2cc(/C=C\c3cc(OC)c(OC)c(OC)c3)cc(O)c2OC)cc1N. The predicted octanol–water partition coefficient (Wildman–Crippen LogP) is 5.00. The number of phenols is 1. The van der Waals surface area contributed by atoms with Gasteiger partial charge in [-0.15, -0.1) is 0 Å². The standard InChI is InChI=1S/C28H30N2O7/c1-33-24-9-8-19(16-20(24)29)22(31)10-11-30-21-12-17(13-23(32)27(21)36-4)6-7-18-14-25(34-2)28(37-5)26(15-18)35-3/h6-16,30,32H,29H2,1-5H3/b7-6-,11-10-. The van der Waals surface area contributed by atoms with Crippen LogP contribution in [-0.4, -0.2) is 46.4 Å². The molecule has 0 unspecified atom stereocenters. The zero-order valence-electron chi connectivity index (χ0n) is 21.3. The molecule has 0 fully saturated rings. The lowest BCUT2D eigenvalue weighted by atomic mass is 10.1. The summed E-state index contributed by atoms with van der Waals surface area (Å²) in [5.74, 6) is 1.94. The van der Waals surface area contributed by atoms with Crippen molar-refractivity contribution < 1.29 is 33.6 Å². The van der Waals surface area contributed by atoms with E-state index in [1.165, 1.54) is 26.5 Å². The van der Waals surface area contributed by atoms with E-state index in [2.05, 4.69) is 5.32 Å². The first kappa shape index (κ1) is 26.8. The minimum absolute atomic E-state index is 0.0697.